The third-order valence-corrected chi connectivity index (χ3v) is 5.58. The number of benzene rings is 1. The van der Waals surface area contributed by atoms with E-state index in [1.807, 2.05) is 35.2 Å². The molecule has 31 heavy (non-hydrogen) atoms. The summed E-state index contributed by atoms with van der Waals surface area (Å²) in [5, 5.41) is 4.08. The van der Waals surface area contributed by atoms with Crippen molar-refractivity contribution in [2.75, 3.05) is 31.1 Å². The van der Waals surface area contributed by atoms with Gasteiger partial charge in [0.05, 0.1) is 5.56 Å². The van der Waals surface area contributed by atoms with E-state index in [4.69, 9.17) is 4.52 Å². The molecule has 1 fully saturated rings. The van der Waals surface area contributed by atoms with Gasteiger partial charge in [-0.1, -0.05) is 42.4 Å². The van der Waals surface area contributed by atoms with Crippen LogP contribution in [0.15, 0.2) is 53.2 Å². The second-order valence-electron chi connectivity index (χ2n) is 7.85. The average Bonchev–Trinajstić information content (AvgIpc) is 3.13. The molecule has 0 unspecified atom stereocenters. The van der Waals surface area contributed by atoms with Gasteiger partial charge in [0.1, 0.15) is 5.82 Å². The molecule has 0 radical (unpaired) electrons. The lowest BCUT2D eigenvalue weighted by molar-refractivity contribution is -0.130. The maximum Gasteiger partial charge on any atom is 0.261 e. The Morgan fingerprint density at radius 2 is 1.90 bits per heavy atom. The Hall–Kier alpha value is -3.22. The number of aromatic nitrogens is 3. The molecular formula is C24H29N5O2. The van der Waals surface area contributed by atoms with Crippen LogP contribution in [0.25, 0.3) is 11.5 Å². The van der Waals surface area contributed by atoms with Crippen LogP contribution < -0.4 is 4.90 Å². The Morgan fingerprint density at radius 1 is 1.03 bits per heavy atom. The Kier molecular flexibility index (Phi) is 6.92. The van der Waals surface area contributed by atoms with Crippen LogP contribution in [0.1, 0.15) is 37.6 Å². The standard InChI is InChI=1S/C24H29N5O2/c1-2-8-21-26-24(31-27-21)20-11-6-14-25-23(20)29-16-7-15-28(17-18-29)22(30)13-12-19-9-4-3-5-10-19/h3-6,9-11,14H,2,7-8,12-13,15-18H2,1H3. The lowest BCUT2D eigenvalue weighted by Gasteiger charge is -2.24. The minimum atomic E-state index is 0.216. The monoisotopic (exact) mass is 419 g/mol. The molecule has 3 heterocycles. The molecule has 162 valence electrons. The van der Waals surface area contributed by atoms with Gasteiger partial charge in [-0.2, -0.15) is 4.98 Å². The van der Waals surface area contributed by atoms with E-state index in [1.54, 1.807) is 6.20 Å². The van der Waals surface area contributed by atoms with E-state index in [2.05, 4.69) is 39.1 Å². The van der Waals surface area contributed by atoms with Crippen LogP contribution >= 0.6 is 0 Å². The molecule has 0 bridgehead atoms. The van der Waals surface area contributed by atoms with E-state index in [0.29, 0.717) is 18.9 Å². The highest BCUT2D eigenvalue weighted by atomic mass is 16.5. The number of anilines is 1. The van der Waals surface area contributed by atoms with Gasteiger partial charge < -0.3 is 14.3 Å². The first-order valence-corrected chi connectivity index (χ1v) is 11.1. The number of carbonyl (C=O) groups is 1. The fraction of sp³-hybridized carbons (Fsp3) is 0.417. The number of hydrogen-bond donors (Lipinski definition) is 0. The van der Waals surface area contributed by atoms with Crippen molar-refractivity contribution in [1.82, 2.24) is 20.0 Å². The lowest BCUT2D eigenvalue weighted by atomic mass is 10.1. The molecule has 1 amide bonds. The Bertz CT molecular complexity index is 988. The second-order valence-corrected chi connectivity index (χ2v) is 7.85. The number of amides is 1. The molecule has 7 nitrogen and oxygen atoms in total. The van der Waals surface area contributed by atoms with Crippen molar-refractivity contribution in [3.05, 3.63) is 60.0 Å². The molecule has 1 saturated heterocycles. The van der Waals surface area contributed by atoms with Crippen LogP contribution in [0, 0.1) is 0 Å². The van der Waals surface area contributed by atoms with Crippen molar-refractivity contribution in [3.63, 3.8) is 0 Å². The van der Waals surface area contributed by atoms with Crippen LogP contribution in [0.2, 0.25) is 0 Å². The van der Waals surface area contributed by atoms with Gasteiger partial charge in [0.2, 0.25) is 5.91 Å². The lowest BCUT2D eigenvalue weighted by Crippen LogP contribution is -2.35. The number of aryl methyl sites for hydroxylation is 2. The molecule has 0 atom stereocenters. The minimum Gasteiger partial charge on any atom is -0.354 e. The largest absolute Gasteiger partial charge is 0.354 e. The first kappa shape index (κ1) is 21.0. The Morgan fingerprint density at radius 3 is 2.74 bits per heavy atom. The summed E-state index contributed by atoms with van der Waals surface area (Å²) in [6, 6.07) is 14.0. The van der Waals surface area contributed by atoms with Crippen molar-refractivity contribution >= 4 is 11.7 Å². The average molecular weight is 420 g/mol. The summed E-state index contributed by atoms with van der Waals surface area (Å²) in [7, 11) is 0. The summed E-state index contributed by atoms with van der Waals surface area (Å²) < 4.78 is 5.51. The third-order valence-electron chi connectivity index (χ3n) is 5.58. The van der Waals surface area contributed by atoms with E-state index in [1.165, 1.54) is 5.56 Å². The predicted molar refractivity (Wildman–Crippen MR) is 120 cm³/mol. The number of carbonyl (C=O) groups excluding carboxylic acids is 1. The maximum absolute atomic E-state index is 12.8. The van der Waals surface area contributed by atoms with Gasteiger partial charge in [0.15, 0.2) is 5.82 Å². The van der Waals surface area contributed by atoms with Gasteiger partial charge in [-0.25, -0.2) is 4.98 Å². The fourth-order valence-corrected chi connectivity index (χ4v) is 3.94. The van der Waals surface area contributed by atoms with Gasteiger partial charge in [-0.15, -0.1) is 0 Å². The summed E-state index contributed by atoms with van der Waals surface area (Å²) in [6.45, 7) is 5.12. The Balaban J connectivity index is 1.41. The van der Waals surface area contributed by atoms with Crippen LogP contribution in [-0.4, -0.2) is 52.1 Å². The van der Waals surface area contributed by atoms with Gasteiger partial charge in [0, 0.05) is 45.2 Å². The SMILES string of the molecule is CCCc1noc(-c2cccnc2N2CCCN(C(=O)CCc3ccccc3)CC2)n1. The third kappa shape index (κ3) is 5.29. The number of pyridine rings is 1. The summed E-state index contributed by atoms with van der Waals surface area (Å²) >= 11 is 0. The van der Waals surface area contributed by atoms with Gasteiger partial charge >= 0.3 is 0 Å². The highest BCUT2D eigenvalue weighted by Gasteiger charge is 2.23. The molecule has 0 saturated carbocycles. The van der Waals surface area contributed by atoms with Crippen LogP contribution in [0.4, 0.5) is 5.82 Å². The summed E-state index contributed by atoms with van der Waals surface area (Å²) in [5.74, 6) is 2.28. The molecule has 2 aromatic heterocycles. The number of rotatable bonds is 7. The second kappa shape index (κ2) is 10.2. The quantitative estimate of drug-likeness (QED) is 0.581. The van der Waals surface area contributed by atoms with Gasteiger partial charge in [-0.3, -0.25) is 4.79 Å². The van der Waals surface area contributed by atoms with Gasteiger partial charge in [0.25, 0.3) is 5.89 Å². The van der Waals surface area contributed by atoms with Crippen LogP contribution in [0.3, 0.4) is 0 Å². The van der Waals surface area contributed by atoms with Crippen molar-refractivity contribution in [3.8, 4) is 11.5 Å². The highest BCUT2D eigenvalue weighted by molar-refractivity contribution is 5.76. The van der Waals surface area contributed by atoms with Crippen LogP contribution in [0.5, 0.6) is 0 Å². The van der Waals surface area contributed by atoms with Crippen molar-refractivity contribution < 1.29 is 9.32 Å². The molecule has 0 N–H and O–H groups in total. The summed E-state index contributed by atoms with van der Waals surface area (Å²) in [6.07, 6.45) is 5.78. The first-order valence-electron chi connectivity index (χ1n) is 11.1. The van der Waals surface area contributed by atoms with Crippen molar-refractivity contribution in [1.29, 1.82) is 0 Å². The van der Waals surface area contributed by atoms with Crippen molar-refractivity contribution in [2.45, 2.75) is 39.0 Å². The molecule has 4 rings (SSSR count). The van der Waals surface area contributed by atoms with E-state index < -0.39 is 0 Å². The maximum atomic E-state index is 12.8. The zero-order valence-corrected chi connectivity index (χ0v) is 18.0. The molecule has 0 aliphatic carbocycles. The number of hydrogen-bond acceptors (Lipinski definition) is 6. The minimum absolute atomic E-state index is 0.216. The smallest absolute Gasteiger partial charge is 0.261 e. The molecular weight excluding hydrogens is 390 g/mol. The fourth-order valence-electron chi connectivity index (χ4n) is 3.94. The van der Waals surface area contributed by atoms with E-state index in [9.17, 15) is 4.79 Å². The summed E-state index contributed by atoms with van der Waals surface area (Å²) in [5.41, 5.74) is 2.05. The zero-order chi connectivity index (χ0) is 21.5. The first-order chi connectivity index (χ1) is 15.2. The predicted octanol–water partition coefficient (Wildman–Crippen LogP) is 3.76. The molecule has 1 aliphatic heterocycles. The molecule has 3 aromatic rings. The van der Waals surface area contributed by atoms with E-state index in [-0.39, 0.29) is 5.91 Å². The van der Waals surface area contributed by atoms with Crippen molar-refractivity contribution in [2.24, 2.45) is 0 Å². The van der Waals surface area contributed by atoms with E-state index >= 15 is 0 Å². The number of nitrogens with zero attached hydrogens (tertiary/aromatic N) is 5. The van der Waals surface area contributed by atoms with Crippen LogP contribution in [-0.2, 0) is 17.6 Å². The highest BCUT2D eigenvalue weighted by Crippen LogP contribution is 2.28. The molecule has 7 heteroatoms. The van der Waals surface area contributed by atoms with Gasteiger partial charge in [-0.05, 0) is 37.0 Å². The zero-order valence-electron chi connectivity index (χ0n) is 18.0. The normalized spacial score (nSPS) is 14.5. The molecule has 1 aliphatic rings. The topological polar surface area (TPSA) is 75.4 Å². The summed E-state index contributed by atoms with van der Waals surface area (Å²) in [4.78, 5) is 26.1. The van der Waals surface area contributed by atoms with E-state index in [0.717, 1.165) is 62.5 Å². The molecule has 1 aromatic carbocycles. The Labute approximate surface area is 183 Å². The molecule has 0 spiro atoms.